The zero-order valence-electron chi connectivity index (χ0n) is 15.7. The fourth-order valence-electron chi connectivity index (χ4n) is 4.06. The number of anilines is 1. The number of hydrogen-bond donors (Lipinski definition) is 1. The zero-order chi connectivity index (χ0) is 19.1. The van der Waals surface area contributed by atoms with Gasteiger partial charge in [0.2, 0.25) is 0 Å². The lowest BCUT2D eigenvalue weighted by molar-refractivity contribution is 0.103. The van der Waals surface area contributed by atoms with Crippen molar-refractivity contribution in [1.82, 2.24) is 0 Å². The Bertz CT molecular complexity index is 1100. The van der Waals surface area contributed by atoms with E-state index in [-0.39, 0.29) is 11.0 Å². The highest BCUT2D eigenvalue weighted by atomic mass is 32.2. The lowest BCUT2D eigenvalue weighted by Crippen LogP contribution is -2.07. The van der Waals surface area contributed by atoms with Crippen LogP contribution < -0.4 is 5.32 Å². The molecule has 3 aromatic rings. The quantitative estimate of drug-likeness (QED) is 0.559. The number of carbonyl (C=O) groups is 1. The molecule has 28 heavy (non-hydrogen) atoms. The number of fused-ring (bicyclic) bond motifs is 3. The first kappa shape index (κ1) is 17.3. The summed E-state index contributed by atoms with van der Waals surface area (Å²) in [6, 6.07) is 25.0. The van der Waals surface area contributed by atoms with Crippen LogP contribution in [0.5, 0.6) is 0 Å². The van der Waals surface area contributed by atoms with Crippen LogP contribution in [-0.4, -0.2) is 5.78 Å². The maximum absolute atomic E-state index is 13.4. The highest BCUT2D eigenvalue weighted by molar-refractivity contribution is 8.00. The minimum Gasteiger partial charge on any atom is -0.354 e. The minimum atomic E-state index is -0.0262. The molecule has 2 aliphatic rings. The molecular weight excluding hydrogens is 362 g/mol. The van der Waals surface area contributed by atoms with Gasteiger partial charge in [0.1, 0.15) is 0 Å². The summed E-state index contributed by atoms with van der Waals surface area (Å²) in [5.74, 6) is 0.140. The molecule has 0 spiro atoms. The van der Waals surface area contributed by atoms with E-state index < -0.39 is 0 Å². The van der Waals surface area contributed by atoms with Crippen molar-refractivity contribution in [2.75, 3.05) is 5.32 Å². The van der Waals surface area contributed by atoms with Gasteiger partial charge in [-0.25, -0.2) is 0 Å². The molecule has 3 heteroatoms. The van der Waals surface area contributed by atoms with Gasteiger partial charge in [-0.2, -0.15) is 0 Å². The van der Waals surface area contributed by atoms with Gasteiger partial charge >= 0.3 is 0 Å². The molecule has 138 valence electrons. The van der Waals surface area contributed by atoms with Crippen molar-refractivity contribution in [2.45, 2.75) is 29.9 Å². The molecule has 1 atom stereocenters. The van der Waals surface area contributed by atoms with Crippen molar-refractivity contribution in [3.63, 3.8) is 0 Å². The number of nitrogens with one attached hydrogen (secondary N) is 1. The van der Waals surface area contributed by atoms with Gasteiger partial charge in [0, 0.05) is 21.6 Å². The van der Waals surface area contributed by atoms with E-state index in [9.17, 15) is 4.79 Å². The second kappa shape index (κ2) is 6.99. The van der Waals surface area contributed by atoms with Crippen molar-refractivity contribution in [3.8, 4) is 0 Å². The molecule has 0 aromatic heterocycles. The van der Waals surface area contributed by atoms with Crippen LogP contribution >= 0.6 is 11.8 Å². The highest BCUT2D eigenvalue weighted by Gasteiger charge is 2.37. The monoisotopic (exact) mass is 383 g/mol. The molecule has 5 rings (SSSR count). The first-order valence-corrected chi connectivity index (χ1v) is 10.6. The van der Waals surface area contributed by atoms with E-state index in [1.54, 1.807) is 11.8 Å². The third kappa shape index (κ3) is 2.78. The summed E-state index contributed by atoms with van der Waals surface area (Å²) in [6.07, 6.45) is 2.22. The second-order valence-corrected chi connectivity index (χ2v) is 8.42. The maximum atomic E-state index is 13.4. The number of para-hydroxylation sites is 1. The minimum absolute atomic E-state index is 0.0262. The molecule has 2 nitrogen and oxygen atoms in total. The summed E-state index contributed by atoms with van der Waals surface area (Å²) in [5.41, 5.74) is 7.22. The Morgan fingerprint density at radius 3 is 2.39 bits per heavy atom. The van der Waals surface area contributed by atoms with Gasteiger partial charge in [0.25, 0.3) is 0 Å². The number of Topliss-reactive ketones (excluding diaryl/α,β-unsaturated/α-hetero) is 1. The van der Waals surface area contributed by atoms with E-state index >= 15 is 0 Å². The van der Waals surface area contributed by atoms with E-state index in [2.05, 4.69) is 54.7 Å². The Labute approximate surface area is 169 Å². The molecular formula is C25H21NOS. The summed E-state index contributed by atoms with van der Waals surface area (Å²) in [4.78, 5) is 14.5. The summed E-state index contributed by atoms with van der Waals surface area (Å²) in [5, 5.41) is 3.55. The Morgan fingerprint density at radius 2 is 1.61 bits per heavy atom. The largest absolute Gasteiger partial charge is 0.354 e. The first-order chi connectivity index (χ1) is 13.8. The smallest absolute Gasteiger partial charge is 0.193 e. The number of rotatable bonds is 3. The SMILES string of the molecule is CCCc1ccc([C@@H]2Sc3ccccc3NC3=C2C(=O)c2ccccc23)cc1. The Kier molecular flexibility index (Phi) is 4.33. The Hall–Kier alpha value is -2.78. The molecule has 0 unspecified atom stereocenters. The molecule has 1 aliphatic heterocycles. The van der Waals surface area contributed by atoms with Crippen molar-refractivity contribution in [1.29, 1.82) is 0 Å². The molecule has 0 bridgehead atoms. The summed E-state index contributed by atoms with van der Waals surface area (Å²) in [6.45, 7) is 2.20. The predicted octanol–water partition coefficient (Wildman–Crippen LogP) is 6.51. The summed E-state index contributed by atoms with van der Waals surface area (Å²) in [7, 11) is 0. The number of carbonyl (C=O) groups excluding carboxylic acids is 1. The number of aryl methyl sites for hydroxylation is 1. The van der Waals surface area contributed by atoms with Crippen LogP contribution in [0, 0.1) is 0 Å². The fourth-order valence-corrected chi connectivity index (χ4v) is 5.36. The van der Waals surface area contributed by atoms with Crippen molar-refractivity contribution >= 4 is 28.9 Å². The van der Waals surface area contributed by atoms with Crippen LogP contribution in [0.1, 0.15) is 45.6 Å². The molecule has 1 N–H and O–H groups in total. The molecule has 0 fully saturated rings. The average Bonchev–Trinajstić information content (AvgIpc) is 2.90. The topological polar surface area (TPSA) is 29.1 Å². The number of hydrogen-bond acceptors (Lipinski definition) is 3. The first-order valence-electron chi connectivity index (χ1n) is 9.76. The molecule has 1 heterocycles. The van der Waals surface area contributed by atoms with Gasteiger partial charge in [0.15, 0.2) is 5.78 Å². The third-order valence-electron chi connectivity index (χ3n) is 5.43. The standard InChI is InChI=1S/C25H21NOS/c1-2-7-16-12-14-17(15-13-16)25-22-23(18-8-3-4-9-19(18)24(22)27)26-20-10-5-6-11-21(20)28-25/h3-6,8-15,25-26H,2,7H2,1H3/t25-/m0/s1. The van der Waals surface area contributed by atoms with Crippen LogP contribution in [0.4, 0.5) is 5.69 Å². The third-order valence-corrected chi connectivity index (χ3v) is 6.78. The Balaban J connectivity index is 1.67. The zero-order valence-corrected chi connectivity index (χ0v) is 16.6. The molecule has 0 saturated carbocycles. The van der Waals surface area contributed by atoms with Crippen LogP contribution in [0.25, 0.3) is 5.70 Å². The maximum Gasteiger partial charge on any atom is 0.193 e. The van der Waals surface area contributed by atoms with E-state index in [0.29, 0.717) is 0 Å². The fraction of sp³-hybridized carbons (Fsp3) is 0.160. The van der Waals surface area contributed by atoms with Gasteiger partial charge in [-0.05, 0) is 29.7 Å². The normalized spacial score (nSPS) is 17.5. The van der Waals surface area contributed by atoms with Crippen molar-refractivity contribution in [3.05, 3.63) is 101 Å². The van der Waals surface area contributed by atoms with Gasteiger partial charge in [-0.1, -0.05) is 74.0 Å². The van der Waals surface area contributed by atoms with Gasteiger partial charge in [-0.15, -0.1) is 11.8 Å². The summed E-state index contributed by atoms with van der Waals surface area (Å²) < 4.78 is 0. The predicted molar refractivity (Wildman–Crippen MR) is 117 cm³/mol. The number of ketones is 1. The van der Waals surface area contributed by atoms with Gasteiger partial charge in [-0.3, -0.25) is 4.79 Å². The molecule has 3 aromatic carbocycles. The van der Waals surface area contributed by atoms with Crippen LogP contribution in [0.2, 0.25) is 0 Å². The molecule has 1 aliphatic carbocycles. The van der Waals surface area contributed by atoms with Crippen LogP contribution in [-0.2, 0) is 6.42 Å². The number of thioether (sulfide) groups is 1. The molecule has 0 amide bonds. The van der Waals surface area contributed by atoms with E-state index in [0.717, 1.165) is 40.9 Å². The van der Waals surface area contributed by atoms with Crippen molar-refractivity contribution in [2.24, 2.45) is 0 Å². The van der Waals surface area contributed by atoms with E-state index in [1.807, 2.05) is 30.3 Å². The van der Waals surface area contributed by atoms with Crippen LogP contribution in [0.3, 0.4) is 0 Å². The van der Waals surface area contributed by atoms with E-state index in [1.165, 1.54) is 16.0 Å². The molecule has 0 saturated heterocycles. The lowest BCUT2D eigenvalue weighted by Gasteiger charge is -2.17. The van der Waals surface area contributed by atoms with Crippen molar-refractivity contribution < 1.29 is 4.79 Å². The second-order valence-electron chi connectivity index (χ2n) is 7.27. The van der Waals surface area contributed by atoms with Gasteiger partial charge in [0.05, 0.1) is 16.6 Å². The number of benzene rings is 3. The van der Waals surface area contributed by atoms with Gasteiger partial charge < -0.3 is 5.32 Å². The van der Waals surface area contributed by atoms with Crippen LogP contribution in [0.15, 0.2) is 83.3 Å². The highest BCUT2D eigenvalue weighted by Crippen LogP contribution is 2.52. The summed E-state index contributed by atoms with van der Waals surface area (Å²) >= 11 is 1.76. The average molecular weight is 384 g/mol. The molecule has 0 radical (unpaired) electrons. The lowest BCUT2D eigenvalue weighted by atomic mass is 9.99. The van der Waals surface area contributed by atoms with E-state index in [4.69, 9.17) is 0 Å². The Morgan fingerprint density at radius 1 is 0.893 bits per heavy atom.